The number of thiol groups is 1. The summed E-state index contributed by atoms with van der Waals surface area (Å²) in [5.41, 5.74) is 14.4. The lowest BCUT2D eigenvalue weighted by molar-refractivity contribution is 0.249. The number of aromatic nitrogens is 2. The quantitative estimate of drug-likeness (QED) is 0.336. The number of aryl methyl sites for hydroxylation is 4. The first-order valence-corrected chi connectivity index (χ1v) is 11.6. The van der Waals surface area contributed by atoms with Crippen LogP contribution in [0.4, 0.5) is 4.79 Å². The lowest BCUT2D eigenvalue weighted by Gasteiger charge is -2.08. The van der Waals surface area contributed by atoms with E-state index in [9.17, 15) is 4.79 Å². The second-order valence-electron chi connectivity index (χ2n) is 8.23. The third-order valence-corrected chi connectivity index (χ3v) is 5.72. The van der Waals surface area contributed by atoms with Crippen LogP contribution in [0.5, 0.6) is 0 Å². The summed E-state index contributed by atoms with van der Waals surface area (Å²) >= 11 is 4.13. The van der Waals surface area contributed by atoms with Crippen molar-refractivity contribution in [2.45, 2.75) is 45.4 Å². The number of benzene rings is 2. The zero-order valence-electron chi connectivity index (χ0n) is 19.7. The first kappa shape index (κ1) is 24.4. The summed E-state index contributed by atoms with van der Waals surface area (Å²) in [5, 5.41) is 2.62. The van der Waals surface area contributed by atoms with Crippen molar-refractivity contribution in [3.8, 4) is 11.3 Å². The van der Waals surface area contributed by atoms with Crippen molar-refractivity contribution in [2.75, 3.05) is 6.54 Å². The second kappa shape index (κ2) is 11.1. The monoisotopic (exact) mass is 460 g/mol. The maximum Gasteiger partial charge on any atom is 0.312 e. The van der Waals surface area contributed by atoms with Gasteiger partial charge in [-0.3, -0.25) is 4.40 Å². The number of hydrogen-bond donors (Lipinski definition) is 3. The van der Waals surface area contributed by atoms with E-state index in [2.05, 4.69) is 86.6 Å². The molecule has 0 aliphatic carbocycles. The molecule has 0 aliphatic heterocycles. The van der Waals surface area contributed by atoms with Gasteiger partial charge in [-0.05, 0) is 62.4 Å². The Morgan fingerprint density at radius 3 is 2.27 bits per heavy atom. The number of fused-ring (bicyclic) bond motifs is 1. The average molecular weight is 461 g/mol. The number of amides is 2. The fourth-order valence-electron chi connectivity index (χ4n) is 3.79. The number of hydrogen-bond acceptors (Lipinski definition) is 3. The van der Waals surface area contributed by atoms with Gasteiger partial charge in [0.25, 0.3) is 0 Å². The number of rotatable bonds is 5. The minimum Gasteiger partial charge on any atom is -0.352 e. The van der Waals surface area contributed by atoms with Gasteiger partial charge >= 0.3 is 6.03 Å². The summed E-state index contributed by atoms with van der Waals surface area (Å²) < 4.78 is 2.20. The van der Waals surface area contributed by atoms with Crippen LogP contribution in [0.1, 0.15) is 34.9 Å². The van der Waals surface area contributed by atoms with E-state index in [4.69, 9.17) is 10.7 Å². The Labute approximate surface area is 201 Å². The molecule has 2 aromatic heterocycles. The van der Waals surface area contributed by atoms with Gasteiger partial charge in [-0.1, -0.05) is 55.0 Å². The fraction of sp³-hybridized carbons (Fsp3) is 0.259. The molecule has 0 unspecified atom stereocenters. The zero-order valence-corrected chi connectivity index (χ0v) is 20.6. The molecule has 4 rings (SSSR count). The molecule has 0 aliphatic rings. The topological polar surface area (TPSA) is 72.4 Å². The van der Waals surface area contributed by atoms with Gasteiger partial charge in [-0.25, -0.2) is 9.78 Å². The highest BCUT2D eigenvalue weighted by Gasteiger charge is 2.14. The summed E-state index contributed by atoms with van der Waals surface area (Å²) in [6, 6.07) is 18.2. The average Bonchev–Trinajstić information content (AvgIpc) is 3.15. The maximum atomic E-state index is 10.8. The molecule has 2 amide bonds. The Kier molecular flexibility index (Phi) is 8.17. The number of primary amides is 1. The number of carbonyl (C=O) groups is 1. The third-order valence-electron chi connectivity index (χ3n) is 5.42. The van der Waals surface area contributed by atoms with E-state index in [0.717, 1.165) is 45.9 Å². The number of carbonyl (C=O) groups excluding carboxylic acids is 1. The van der Waals surface area contributed by atoms with Crippen LogP contribution in [-0.2, 0) is 12.8 Å². The molecule has 33 heavy (non-hydrogen) atoms. The third kappa shape index (κ3) is 6.39. The van der Waals surface area contributed by atoms with E-state index in [1.807, 2.05) is 24.3 Å². The molecular formula is C27H32N4OS. The van der Waals surface area contributed by atoms with Crippen molar-refractivity contribution in [1.82, 2.24) is 14.7 Å². The minimum atomic E-state index is -0.485. The van der Waals surface area contributed by atoms with Gasteiger partial charge in [0.1, 0.15) is 5.65 Å². The molecule has 0 spiro atoms. The van der Waals surface area contributed by atoms with Crippen LogP contribution in [0.25, 0.3) is 16.9 Å². The molecule has 3 N–H and O–H groups in total. The molecular weight excluding hydrogens is 428 g/mol. The van der Waals surface area contributed by atoms with Crippen LogP contribution in [0.2, 0.25) is 0 Å². The molecule has 2 aromatic carbocycles. The smallest absolute Gasteiger partial charge is 0.312 e. The highest BCUT2D eigenvalue weighted by atomic mass is 32.1. The van der Waals surface area contributed by atoms with E-state index in [1.165, 1.54) is 16.7 Å². The van der Waals surface area contributed by atoms with Crippen LogP contribution < -0.4 is 11.1 Å². The number of nitrogens with zero attached hydrogens (tertiary/aromatic N) is 2. The van der Waals surface area contributed by atoms with Crippen molar-refractivity contribution in [2.24, 2.45) is 5.73 Å². The lowest BCUT2D eigenvalue weighted by Crippen LogP contribution is -2.30. The van der Waals surface area contributed by atoms with Crippen molar-refractivity contribution in [3.63, 3.8) is 0 Å². The predicted octanol–water partition coefficient (Wildman–Crippen LogP) is 5.68. The predicted molar refractivity (Wildman–Crippen MR) is 139 cm³/mol. The van der Waals surface area contributed by atoms with E-state index >= 15 is 0 Å². The van der Waals surface area contributed by atoms with E-state index < -0.39 is 6.03 Å². The van der Waals surface area contributed by atoms with Crippen LogP contribution in [0.3, 0.4) is 0 Å². The Balaban J connectivity index is 0.000000323. The van der Waals surface area contributed by atoms with E-state index in [1.54, 1.807) is 0 Å². The molecule has 6 heteroatoms. The Morgan fingerprint density at radius 1 is 1.03 bits per heavy atom. The van der Waals surface area contributed by atoms with Gasteiger partial charge in [0.15, 0.2) is 0 Å². The van der Waals surface area contributed by atoms with Crippen molar-refractivity contribution in [1.29, 1.82) is 0 Å². The summed E-state index contributed by atoms with van der Waals surface area (Å²) in [5.74, 6) is 0. The van der Waals surface area contributed by atoms with Gasteiger partial charge in [0, 0.05) is 23.2 Å². The van der Waals surface area contributed by atoms with Crippen LogP contribution in [-0.4, -0.2) is 22.0 Å². The number of pyridine rings is 1. The highest BCUT2D eigenvalue weighted by molar-refractivity contribution is 7.80. The highest BCUT2D eigenvalue weighted by Crippen LogP contribution is 2.28. The second-order valence-corrected chi connectivity index (χ2v) is 8.74. The van der Waals surface area contributed by atoms with Crippen molar-refractivity contribution < 1.29 is 4.79 Å². The molecule has 172 valence electrons. The van der Waals surface area contributed by atoms with Crippen LogP contribution >= 0.6 is 12.6 Å². The number of urea groups is 1. The summed E-state index contributed by atoms with van der Waals surface area (Å²) in [4.78, 5) is 16.6. The van der Waals surface area contributed by atoms with E-state index in [0.29, 0.717) is 6.54 Å². The normalized spacial score (nSPS) is 10.6. The van der Waals surface area contributed by atoms with Crippen molar-refractivity contribution >= 4 is 24.3 Å². The van der Waals surface area contributed by atoms with Crippen LogP contribution in [0.15, 0.2) is 65.7 Å². The molecule has 2 heterocycles. The summed E-state index contributed by atoms with van der Waals surface area (Å²) in [6.07, 6.45) is 3.80. The molecule has 4 aromatic rings. The zero-order chi connectivity index (χ0) is 24.0. The summed E-state index contributed by atoms with van der Waals surface area (Å²) in [7, 11) is 0. The first-order chi connectivity index (χ1) is 15.8. The number of imidazole rings is 1. The van der Waals surface area contributed by atoms with E-state index in [-0.39, 0.29) is 0 Å². The molecule has 0 radical (unpaired) electrons. The fourth-order valence-corrected chi connectivity index (χ4v) is 3.94. The Morgan fingerprint density at radius 2 is 1.70 bits per heavy atom. The van der Waals surface area contributed by atoms with Gasteiger partial charge in [-0.15, -0.1) is 12.6 Å². The molecule has 0 fully saturated rings. The van der Waals surface area contributed by atoms with Crippen molar-refractivity contribution in [3.05, 3.63) is 88.7 Å². The minimum absolute atomic E-state index is 0.485. The number of nitrogens with two attached hydrogens (primary N) is 1. The Bertz CT molecular complexity index is 1210. The maximum absolute atomic E-state index is 10.8. The summed E-state index contributed by atoms with van der Waals surface area (Å²) in [6.45, 7) is 8.96. The van der Waals surface area contributed by atoms with Gasteiger partial charge in [-0.2, -0.15) is 0 Å². The molecule has 0 saturated heterocycles. The Hall–Kier alpha value is -3.25. The largest absolute Gasteiger partial charge is 0.352 e. The molecule has 0 saturated carbocycles. The lowest BCUT2D eigenvalue weighted by atomic mass is 10.0. The SMILES string of the molecule is CCc1nc2c(C)cc(C)cn2c1-c1ccc(CCNC(N)=O)cc1.Cc1ccc(S)cc1. The first-order valence-electron chi connectivity index (χ1n) is 11.1. The van der Waals surface area contributed by atoms with Gasteiger partial charge in [0.2, 0.25) is 0 Å². The van der Waals surface area contributed by atoms with Gasteiger partial charge in [0.05, 0.1) is 11.4 Å². The van der Waals surface area contributed by atoms with Crippen LogP contribution in [0, 0.1) is 20.8 Å². The standard InChI is InChI=1S/C20H24N4O.C7H8S/c1-4-17-18(24-12-13(2)11-14(3)19(24)23-17)16-7-5-15(6-8-16)9-10-22-20(21)25;1-6-2-4-7(8)5-3-6/h5-8,11-12H,4,9-10H2,1-3H3,(H3,21,22,25);2-5,8H,1H3. The van der Waals surface area contributed by atoms with Gasteiger partial charge < -0.3 is 11.1 Å². The molecule has 0 atom stereocenters. The molecule has 5 nitrogen and oxygen atoms in total. The molecule has 0 bridgehead atoms. The number of nitrogens with one attached hydrogen (secondary N) is 1.